The van der Waals surface area contributed by atoms with Crippen molar-refractivity contribution in [2.24, 2.45) is 10.9 Å². The topological polar surface area (TPSA) is 51.5 Å². The molecule has 0 amide bonds. The van der Waals surface area contributed by atoms with E-state index >= 15 is 0 Å². The van der Waals surface area contributed by atoms with Crippen molar-refractivity contribution in [1.29, 1.82) is 0 Å². The van der Waals surface area contributed by atoms with Gasteiger partial charge in [-0.15, -0.1) is 0 Å². The summed E-state index contributed by atoms with van der Waals surface area (Å²) in [7, 11) is 0. The minimum Gasteiger partial charge on any atom is -0.407 e. The fraction of sp³-hybridized carbons (Fsp3) is 0.308. The normalized spacial score (nSPS) is 17.5. The number of hydrogen-bond acceptors (Lipinski definition) is 4. The molecule has 17 heavy (non-hydrogen) atoms. The van der Waals surface area contributed by atoms with Gasteiger partial charge < -0.3 is 4.74 Å². The van der Waals surface area contributed by atoms with E-state index in [0.29, 0.717) is 23.9 Å². The Labute approximate surface area is 100 Å². The minimum atomic E-state index is -0.377. The average molecular weight is 230 g/mol. The molecule has 0 bridgehead atoms. The number of esters is 1. The molecule has 1 aromatic rings. The first kappa shape index (κ1) is 11.5. The summed E-state index contributed by atoms with van der Waals surface area (Å²) in [4.78, 5) is 19.7. The Morgan fingerprint density at radius 2 is 2.06 bits per heavy atom. The van der Waals surface area contributed by atoms with Crippen LogP contribution in [-0.4, -0.2) is 16.9 Å². The van der Waals surface area contributed by atoms with E-state index in [1.165, 1.54) is 0 Å². The molecule has 0 saturated heterocycles. The van der Waals surface area contributed by atoms with Crippen LogP contribution in [0.2, 0.25) is 0 Å². The molecule has 0 spiro atoms. The van der Waals surface area contributed by atoms with E-state index in [1.807, 2.05) is 12.1 Å². The fourth-order valence-corrected chi connectivity index (χ4v) is 1.51. The number of hydrogen-bond donors (Lipinski definition) is 0. The molecule has 0 aliphatic carbocycles. The van der Waals surface area contributed by atoms with E-state index in [9.17, 15) is 4.79 Å². The first-order valence-corrected chi connectivity index (χ1v) is 5.56. The van der Waals surface area contributed by atoms with E-state index in [0.717, 1.165) is 5.56 Å². The van der Waals surface area contributed by atoms with Crippen LogP contribution in [0.3, 0.4) is 0 Å². The first-order chi connectivity index (χ1) is 8.15. The number of carbonyl (C=O) groups excluding carboxylic acids is 1. The van der Waals surface area contributed by atoms with E-state index in [2.05, 4.69) is 23.8 Å². The van der Waals surface area contributed by atoms with Crippen LogP contribution in [0.1, 0.15) is 25.8 Å². The van der Waals surface area contributed by atoms with Crippen LogP contribution in [0.25, 0.3) is 6.08 Å². The number of cyclic esters (lactones) is 1. The van der Waals surface area contributed by atoms with Crippen molar-refractivity contribution < 1.29 is 9.53 Å². The van der Waals surface area contributed by atoms with E-state index < -0.39 is 0 Å². The molecule has 0 N–H and O–H groups in total. The second-order valence-corrected chi connectivity index (χ2v) is 4.30. The molecular formula is C13H14N2O2. The summed E-state index contributed by atoms with van der Waals surface area (Å²) >= 11 is 0. The zero-order valence-electron chi connectivity index (χ0n) is 9.88. The van der Waals surface area contributed by atoms with E-state index in [1.54, 1.807) is 18.5 Å². The molecule has 1 aliphatic heterocycles. The highest BCUT2D eigenvalue weighted by atomic mass is 16.6. The third kappa shape index (κ3) is 3.00. The van der Waals surface area contributed by atoms with Crippen molar-refractivity contribution in [2.45, 2.75) is 20.3 Å². The highest BCUT2D eigenvalue weighted by Crippen LogP contribution is 2.18. The summed E-state index contributed by atoms with van der Waals surface area (Å²) in [6.45, 7) is 4.11. The Morgan fingerprint density at radius 3 is 2.71 bits per heavy atom. The van der Waals surface area contributed by atoms with Crippen molar-refractivity contribution in [1.82, 2.24) is 4.98 Å². The molecule has 88 valence electrons. The van der Waals surface area contributed by atoms with Gasteiger partial charge in [0.2, 0.25) is 0 Å². The van der Waals surface area contributed by atoms with Crippen LogP contribution < -0.4 is 0 Å². The Bertz CT molecular complexity index is 475. The lowest BCUT2D eigenvalue weighted by Gasteiger charge is -2.01. The summed E-state index contributed by atoms with van der Waals surface area (Å²) in [5, 5.41) is 0. The third-order valence-electron chi connectivity index (χ3n) is 2.26. The second kappa shape index (κ2) is 4.91. The number of rotatable bonds is 3. The van der Waals surface area contributed by atoms with E-state index in [4.69, 9.17) is 4.74 Å². The van der Waals surface area contributed by atoms with Crippen LogP contribution in [0, 0.1) is 5.92 Å². The summed E-state index contributed by atoms with van der Waals surface area (Å²) in [6, 6.07) is 3.63. The highest BCUT2D eigenvalue weighted by molar-refractivity contribution is 6.07. The van der Waals surface area contributed by atoms with Crippen molar-refractivity contribution in [3.8, 4) is 0 Å². The van der Waals surface area contributed by atoms with Crippen LogP contribution >= 0.6 is 0 Å². The standard InChI is InChI=1S/C13H14N2O2/c1-9(2)7-12-15-11(13(16)17-12)8-10-3-5-14-6-4-10/h3-6,8-9H,7H2,1-2H3/b11-8+. The molecule has 0 atom stereocenters. The van der Waals surface area contributed by atoms with Crippen molar-refractivity contribution >= 4 is 17.9 Å². The molecule has 0 saturated carbocycles. The van der Waals surface area contributed by atoms with E-state index in [-0.39, 0.29) is 5.97 Å². The van der Waals surface area contributed by atoms with Crippen molar-refractivity contribution in [3.63, 3.8) is 0 Å². The Kier molecular flexibility index (Phi) is 3.32. The molecule has 0 radical (unpaired) electrons. The lowest BCUT2D eigenvalue weighted by Crippen LogP contribution is -2.06. The predicted octanol–water partition coefficient (Wildman–Crippen LogP) is 2.42. The summed E-state index contributed by atoms with van der Waals surface area (Å²) in [6.07, 6.45) is 5.73. The predicted molar refractivity (Wildman–Crippen MR) is 65.2 cm³/mol. The smallest absolute Gasteiger partial charge is 0.363 e. The fourth-order valence-electron chi connectivity index (χ4n) is 1.51. The van der Waals surface area contributed by atoms with Gasteiger partial charge in [0.1, 0.15) is 0 Å². The molecular weight excluding hydrogens is 216 g/mol. The number of carbonyl (C=O) groups is 1. The largest absolute Gasteiger partial charge is 0.407 e. The SMILES string of the molecule is CC(C)CC1=N/C(=C/c2ccncc2)C(=O)O1. The number of aromatic nitrogens is 1. The molecule has 0 aromatic carbocycles. The monoisotopic (exact) mass is 230 g/mol. The molecule has 2 heterocycles. The number of aliphatic imine (C=N–C) groups is 1. The molecule has 1 aromatic heterocycles. The number of pyridine rings is 1. The van der Waals surface area contributed by atoms with Gasteiger partial charge in [0, 0.05) is 18.8 Å². The van der Waals surface area contributed by atoms with Gasteiger partial charge in [-0.05, 0) is 29.7 Å². The lowest BCUT2D eigenvalue weighted by molar-refractivity contribution is -0.130. The maximum absolute atomic E-state index is 11.5. The summed E-state index contributed by atoms with van der Waals surface area (Å²) in [5.41, 5.74) is 1.24. The Balaban J connectivity index is 2.19. The van der Waals surface area contributed by atoms with Gasteiger partial charge in [0.05, 0.1) is 0 Å². The molecule has 0 unspecified atom stereocenters. The van der Waals surface area contributed by atoms with Crippen LogP contribution in [0.15, 0.2) is 35.2 Å². The maximum atomic E-state index is 11.5. The second-order valence-electron chi connectivity index (χ2n) is 4.30. The van der Waals surface area contributed by atoms with Gasteiger partial charge in [-0.1, -0.05) is 13.8 Å². The van der Waals surface area contributed by atoms with Gasteiger partial charge in [-0.2, -0.15) is 0 Å². The van der Waals surface area contributed by atoms with Crippen LogP contribution in [-0.2, 0) is 9.53 Å². The Morgan fingerprint density at radius 1 is 1.35 bits per heavy atom. The quantitative estimate of drug-likeness (QED) is 0.592. The summed E-state index contributed by atoms with van der Waals surface area (Å²) in [5.74, 6) is 0.546. The zero-order chi connectivity index (χ0) is 12.3. The third-order valence-corrected chi connectivity index (χ3v) is 2.26. The first-order valence-electron chi connectivity index (χ1n) is 5.56. The summed E-state index contributed by atoms with van der Waals surface area (Å²) < 4.78 is 5.08. The van der Waals surface area contributed by atoms with Gasteiger partial charge in [0.15, 0.2) is 11.6 Å². The van der Waals surface area contributed by atoms with Gasteiger partial charge in [-0.25, -0.2) is 9.79 Å². The highest BCUT2D eigenvalue weighted by Gasteiger charge is 2.23. The average Bonchev–Trinajstić information content (AvgIpc) is 2.59. The van der Waals surface area contributed by atoms with Crippen LogP contribution in [0.4, 0.5) is 0 Å². The minimum absolute atomic E-state index is 0.354. The molecule has 0 fully saturated rings. The van der Waals surface area contributed by atoms with Crippen LogP contribution in [0.5, 0.6) is 0 Å². The Hall–Kier alpha value is -1.97. The van der Waals surface area contributed by atoms with Gasteiger partial charge in [0.25, 0.3) is 0 Å². The van der Waals surface area contributed by atoms with Gasteiger partial charge >= 0.3 is 5.97 Å². The van der Waals surface area contributed by atoms with Crippen molar-refractivity contribution in [3.05, 3.63) is 35.8 Å². The van der Waals surface area contributed by atoms with Crippen molar-refractivity contribution in [2.75, 3.05) is 0 Å². The number of ether oxygens (including phenoxy) is 1. The maximum Gasteiger partial charge on any atom is 0.363 e. The molecule has 4 heteroatoms. The van der Waals surface area contributed by atoms with Gasteiger partial charge in [-0.3, -0.25) is 4.98 Å². The molecule has 2 rings (SSSR count). The molecule has 1 aliphatic rings. The lowest BCUT2D eigenvalue weighted by atomic mass is 10.1. The zero-order valence-corrected chi connectivity index (χ0v) is 9.88. The molecule has 4 nitrogen and oxygen atoms in total. The number of nitrogens with zero attached hydrogens (tertiary/aromatic N) is 2.